The van der Waals surface area contributed by atoms with Gasteiger partial charge in [-0.1, -0.05) is 11.0 Å². The molecule has 3 nitrogen and oxygen atoms in total. The molecule has 1 aliphatic rings. The van der Waals surface area contributed by atoms with Crippen LogP contribution >= 0.6 is 22.6 Å². The topological polar surface area (TPSA) is 28.0 Å². The molecule has 0 fully saturated rings. The Balaban J connectivity index is 2.86. The normalized spacial score (nSPS) is 16.8. The number of rotatable bonds is 0. The summed E-state index contributed by atoms with van der Waals surface area (Å²) in [7, 11) is 1.81. The molecule has 42 valence electrons. The highest BCUT2D eigenvalue weighted by molar-refractivity contribution is 14.1. The monoisotopic (exact) mass is 221 g/mol. The second-order valence-electron chi connectivity index (χ2n) is 1.33. The number of halogens is 1. The van der Waals surface area contributed by atoms with Crippen molar-refractivity contribution in [1.82, 2.24) is 5.01 Å². The van der Waals surface area contributed by atoms with E-state index >= 15 is 0 Å². The van der Waals surface area contributed by atoms with Gasteiger partial charge in [0.05, 0.1) is 6.20 Å². The minimum Gasteiger partial charge on any atom is -0.249 e. The molecule has 1 rings (SSSR count). The summed E-state index contributed by atoms with van der Waals surface area (Å²) >= 11 is 2.05. The van der Waals surface area contributed by atoms with Crippen molar-refractivity contribution in [2.75, 3.05) is 7.05 Å². The van der Waals surface area contributed by atoms with Crippen molar-refractivity contribution in [2.24, 2.45) is 10.3 Å². The zero-order chi connectivity index (χ0) is 5.98. The summed E-state index contributed by atoms with van der Waals surface area (Å²) in [5.74, 6) is 0. The molecule has 0 radical (unpaired) electrons. The summed E-state index contributed by atoms with van der Waals surface area (Å²) in [6, 6.07) is 0. The summed E-state index contributed by atoms with van der Waals surface area (Å²) in [6.07, 6.45) is 1.73. The van der Waals surface area contributed by atoms with Gasteiger partial charge in [0.2, 0.25) is 0 Å². The Kier molecular flexibility index (Phi) is 1.65. The van der Waals surface area contributed by atoms with Gasteiger partial charge in [0.15, 0.2) is 3.70 Å². The second-order valence-corrected chi connectivity index (χ2v) is 2.35. The lowest BCUT2D eigenvalue weighted by molar-refractivity contribution is 0.450. The summed E-state index contributed by atoms with van der Waals surface area (Å²) in [5, 5.41) is 9.03. The first-order valence-corrected chi connectivity index (χ1v) is 3.14. The highest BCUT2D eigenvalue weighted by atomic mass is 127. The minimum atomic E-state index is 0.792. The van der Waals surface area contributed by atoms with Crippen LogP contribution in [0.4, 0.5) is 0 Å². The molecule has 4 heteroatoms. The molecule has 1 heterocycles. The average molecular weight is 221 g/mol. The van der Waals surface area contributed by atoms with Crippen LogP contribution < -0.4 is 0 Å². The largest absolute Gasteiger partial charge is 0.249 e. The predicted molar refractivity (Wildman–Crippen MR) is 38.2 cm³/mol. The van der Waals surface area contributed by atoms with Gasteiger partial charge in [0.1, 0.15) is 0 Å². The molecule has 0 aromatic rings. The van der Waals surface area contributed by atoms with Gasteiger partial charge in [-0.3, -0.25) is 0 Å². The third kappa shape index (κ3) is 1.31. The van der Waals surface area contributed by atoms with Crippen LogP contribution in [0.3, 0.4) is 0 Å². The Morgan fingerprint density at radius 1 is 1.88 bits per heavy atom. The fourth-order valence-electron chi connectivity index (χ4n) is 0.311. The van der Waals surface area contributed by atoms with E-state index in [0.717, 1.165) is 3.70 Å². The molecule has 0 aromatic heterocycles. The van der Waals surface area contributed by atoms with E-state index in [1.807, 2.05) is 0 Å². The smallest absolute Gasteiger partial charge is 0.168 e. The van der Waals surface area contributed by atoms with E-state index in [1.54, 1.807) is 18.3 Å². The van der Waals surface area contributed by atoms with Crippen molar-refractivity contribution < 1.29 is 0 Å². The molecule has 0 saturated carbocycles. The molecular formula is C4H4IN3. The van der Waals surface area contributed by atoms with Crippen molar-refractivity contribution in [3.05, 3.63) is 15.6 Å². The molecule has 1 aliphatic heterocycles. The molecular weight excluding hydrogens is 217 g/mol. The Hall–Kier alpha value is -0.350. The maximum atomic E-state index is 3.72. The molecule has 0 saturated heterocycles. The van der Waals surface area contributed by atoms with Crippen molar-refractivity contribution in [2.45, 2.75) is 0 Å². The fraction of sp³-hybridized carbons (Fsp3) is 0.250. The Labute approximate surface area is 60.9 Å². The molecule has 0 atom stereocenters. The van der Waals surface area contributed by atoms with Crippen LogP contribution in [0.1, 0.15) is 0 Å². The first kappa shape index (κ1) is 5.78. The van der Waals surface area contributed by atoms with E-state index in [-0.39, 0.29) is 0 Å². The first-order valence-electron chi connectivity index (χ1n) is 2.06. The molecule has 0 aromatic carbocycles. The van der Waals surface area contributed by atoms with E-state index in [1.165, 1.54) is 0 Å². The maximum Gasteiger partial charge on any atom is 0.168 e. The lowest BCUT2D eigenvalue weighted by Crippen LogP contribution is -1.99. The lowest BCUT2D eigenvalue weighted by Gasteiger charge is -2.02. The van der Waals surface area contributed by atoms with Crippen LogP contribution in [0, 0.1) is 0 Å². The van der Waals surface area contributed by atoms with Crippen LogP contribution in [0.5, 0.6) is 0 Å². The SMILES string of the molecule is CN1C=C=C(I)N=N1. The van der Waals surface area contributed by atoms with E-state index in [0.29, 0.717) is 0 Å². The van der Waals surface area contributed by atoms with Gasteiger partial charge in [0.25, 0.3) is 0 Å². The molecule has 0 N–H and O–H groups in total. The molecule has 0 bridgehead atoms. The maximum absolute atomic E-state index is 3.72. The van der Waals surface area contributed by atoms with Crippen LogP contribution in [-0.2, 0) is 0 Å². The van der Waals surface area contributed by atoms with Gasteiger partial charge in [-0.15, -0.1) is 5.11 Å². The molecule has 8 heavy (non-hydrogen) atoms. The van der Waals surface area contributed by atoms with Gasteiger partial charge in [0, 0.05) is 7.05 Å². The Morgan fingerprint density at radius 2 is 2.62 bits per heavy atom. The molecule has 0 spiro atoms. The van der Waals surface area contributed by atoms with Crippen molar-refractivity contribution >= 4 is 22.6 Å². The molecule has 0 amide bonds. The van der Waals surface area contributed by atoms with Crippen molar-refractivity contribution in [3.8, 4) is 0 Å². The Morgan fingerprint density at radius 3 is 3.00 bits per heavy atom. The summed E-state index contributed by atoms with van der Waals surface area (Å²) < 4.78 is 0.792. The summed E-state index contributed by atoms with van der Waals surface area (Å²) in [5.41, 5.74) is 2.88. The van der Waals surface area contributed by atoms with Gasteiger partial charge < -0.3 is 0 Å². The van der Waals surface area contributed by atoms with Crippen LogP contribution in [0.2, 0.25) is 0 Å². The quantitative estimate of drug-likeness (QED) is 0.347. The second kappa shape index (κ2) is 2.28. The number of nitrogens with zero attached hydrogens (tertiary/aromatic N) is 3. The zero-order valence-electron chi connectivity index (χ0n) is 4.30. The van der Waals surface area contributed by atoms with Gasteiger partial charge in [-0.05, 0) is 22.6 Å². The standard InChI is InChI=1S/C4H4IN3/c1-8-3-2-4(5)6-7-8/h3H,1H3. The van der Waals surface area contributed by atoms with E-state index in [9.17, 15) is 0 Å². The number of hydrogen-bond donors (Lipinski definition) is 0. The summed E-state index contributed by atoms with van der Waals surface area (Å²) in [4.78, 5) is 0. The van der Waals surface area contributed by atoms with Gasteiger partial charge in [-0.2, -0.15) is 0 Å². The van der Waals surface area contributed by atoms with E-state index < -0.39 is 0 Å². The third-order valence-corrected chi connectivity index (χ3v) is 1.17. The Bertz CT molecular complexity index is 178. The van der Waals surface area contributed by atoms with Crippen molar-refractivity contribution in [1.29, 1.82) is 0 Å². The lowest BCUT2D eigenvalue weighted by atomic mass is 10.8. The van der Waals surface area contributed by atoms with Crippen LogP contribution in [0.15, 0.2) is 26.0 Å². The van der Waals surface area contributed by atoms with E-state index in [2.05, 4.69) is 38.7 Å². The number of hydrogen-bond acceptors (Lipinski definition) is 3. The van der Waals surface area contributed by atoms with E-state index in [4.69, 9.17) is 0 Å². The average Bonchev–Trinajstić information content (AvgIpc) is 1.77. The van der Waals surface area contributed by atoms with Crippen molar-refractivity contribution in [3.63, 3.8) is 0 Å². The third-order valence-electron chi connectivity index (χ3n) is 0.644. The zero-order valence-corrected chi connectivity index (χ0v) is 6.45. The highest BCUT2D eigenvalue weighted by Crippen LogP contribution is 2.09. The summed E-state index contributed by atoms with van der Waals surface area (Å²) in [6.45, 7) is 0. The first-order chi connectivity index (χ1) is 3.79. The molecule has 0 unspecified atom stereocenters. The van der Waals surface area contributed by atoms with Crippen LogP contribution in [-0.4, -0.2) is 12.1 Å². The van der Waals surface area contributed by atoms with Gasteiger partial charge in [-0.25, -0.2) is 5.01 Å². The van der Waals surface area contributed by atoms with Gasteiger partial charge >= 0.3 is 0 Å². The van der Waals surface area contributed by atoms with Crippen LogP contribution in [0.25, 0.3) is 0 Å². The highest BCUT2D eigenvalue weighted by Gasteiger charge is 1.90. The minimum absolute atomic E-state index is 0.792. The predicted octanol–water partition coefficient (Wildman–Crippen LogP) is 1.69. The fourth-order valence-corrected chi connectivity index (χ4v) is 0.547. The molecule has 0 aliphatic carbocycles.